The maximum atomic E-state index is 10.7. The lowest BCUT2D eigenvalue weighted by atomic mass is 10.0. The first-order chi connectivity index (χ1) is 28.5. The van der Waals surface area contributed by atoms with Crippen molar-refractivity contribution < 1.29 is 18.9 Å². The molecule has 0 amide bonds. The normalized spacial score (nSPS) is 12.1. The maximum Gasteiger partial charge on any atom is 0.469 e. The Labute approximate surface area is 365 Å². The first-order valence-electron chi connectivity index (χ1n) is 26.9. The fourth-order valence-electron chi connectivity index (χ4n) is 8.84. The van der Waals surface area contributed by atoms with E-state index in [4.69, 9.17) is 9.79 Å². The highest BCUT2D eigenvalue weighted by Crippen LogP contribution is 2.35. The summed E-state index contributed by atoms with van der Waals surface area (Å²) in [4.78, 5) is 20.3. The third-order valence-electron chi connectivity index (χ3n) is 12.8. The number of unbranched alkanes of at least 4 members (excludes halogenated alkanes) is 43. The van der Waals surface area contributed by atoms with Gasteiger partial charge in [-0.2, -0.15) is 0 Å². The number of hydrogen-bond acceptors (Lipinski definition) is 3. The van der Waals surface area contributed by atoms with Crippen LogP contribution in [0.15, 0.2) is 0 Å². The van der Waals surface area contributed by atoms with Gasteiger partial charge in [0, 0.05) is 0 Å². The number of hydrogen-bond donors (Lipinski definition) is 2. The lowest BCUT2D eigenvalue weighted by Gasteiger charge is -2.22. The van der Waals surface area contributed by atoms with Crippen molar-refractivity contribution in [2.24, 2.45) is 0 Å². The van der Waals surface area contributed by atoms with Crippen LogP contribution in [0.5, 0.6) is 0 Å². The number of nitrogens with zero attached hydrogens (tertiary/aromatic N) is 1. The van der Waals surface area contributed by atoms with Gasteiger partial charge >= 0.3 is 7.82 Å². The molecule has 0 spiro atoms. The summed E-state index contributed by atoms with van der Waals surface area (Å²) in [6.07, 6.45) is 64.3. The van der Waals surface area contributed by atoms with Crippen LogP contribution < -0.4 is 0 Å². The van der Waals surface area contributed by atoms with Crippen LogP contribution >= 0.6 is 7.82 Å². The largest absolute Gasteiger partial charge is 0.469 e. The molecule has 0 atom stereocenters. The summed E-state index contributed by atoms with van der Waals surface area (Å²) < 4.78 is 15.2. The second-order valence-corrected chi connectivity index (χ2v) is 20.0. The van der Waals surface area contributed by atoms with Crippen LogP contribution in [0.2, 0.25) is 0 Å². The molecule has 350 valence electrons. The molecule has 0 aliphatic rings. The summed E-state index contributed by atoms with van der Waals surface area (Å²) in [5, 5.41) is 0. The van der Waals surface area contributed by atoms with Crippen molar-refractivity contribution in [2.75, 3.05) is 26.2 Å². The van der Waals surface area contributed by atoms with E-state index < -0.39 is 7.82 Å². The highest BCUT2D eigenvalue weighted by Gasteiger charge is 2.12. The van der Waals surface area contributed by atoms with E-state index in [-0.39, 0.29) is 6.61 Å². The Balaban J connectivity index is 3.97. The Morgan fingerprint density at radius 2 is 0.466 bits per heavy atom. The summed E-state index contributed by atoms with van der Waals surface area (Å²) in [6, 6.07) is 0. The van der Waals surface area contributed by atoms with Gasteiger partial charge in [0.2, 0.25) is 0 Å². The molecule has 6 heteroatoms. The SMILES string of the molecule is CCCCCCCCCCCCCCCCCCN(CCCCCCCCCCCCCCCCCC)CCCCCCCCCCCCCCCCOP(=O)(O)O. The Bertz CT molecular complexity index is 755. The molecule has 0 bridgehead atoms. The number of phosphoric ester groups is 1. The minimum atomic E-state index is -4.29. The summed E-state index contributed by atoms with van der Waals surface area (Å²) in [5.41, 5.74) is 0. The van der Waals surface area contributed by atoms with Crippen molar-refractivity contribution in [3.8, 4) is 0 Å². The van der Waals surface area contributed by atoms with E-state index in [2.05, 4.69) is 23.3 Å². The van der Waals surface area contributed by atoms with Gasteiger partial charge in [0.25, 0.3) is 0 Å². The van der Waals surface area contributed by atoms with Gasteiger partial charge in [-0.25, -0.2) is 4.57 Å². The first kappa shape index (κ1) is 58.1. The van der Waals surface area contributed by atoms with Gasteiger partial charge in [-0.05, 0) is 45.3 Å². The second kappa shape index (κ2) is 49.7. The van der Waals surface area contributed by atoms with Crippen LogP contribution in [0.1, 0.15) is 309 Å². The molecule has 0 heterocycles. The monoisotopic (exact) mass is 842 g/mol. The van der Waals surface area contributed by atoms with Gasteiger partial charge in [0.1, 0.15) is 0 Å². The van der Waals surface area contributed by atoms with E-state index in [1.807, 2.05) is 0 Å². The van der Waals surface area contributed by atoms with E-state index in [0.717, 1.165) is 19.3 Å². The lowest BCUT2D eigenvalue weighted by Crippen LogP contribution is -2.27. The quantitative estimate of drug-likeness (QED) is 0.0472. The van der Waals surface area contributed by atoms with Crippen LogP contribution in [-0.2, 0) is 9.09 Å². The van der Waals surface area contributed by atoms with Crippen molar-refractivity contribution in [3.63, 3.8) is 0 Å². The Morgan fingerprint density at radius 3 is 0.655 bits per heavy atom. The molecule has 0 saturated heterocycles. The van der Waals surface area contributed by atoms with Crippen LogP contribution in [0, 0.1) is 0 Å². The topological polar surface area (TPSA) is 70.0 Å². The molecule has 2 N–H and O–H groups in total. The Kier molecular flexibility index (Phi) is 49.8. The van der Waals surface area contributed by atoms with Crippen LogP contribution in [0.25, 0.3) is 0 Å². The molecule has 0 rings (SSSR count). The van der Waals surface area contributed by atoms with Gasteiger partial charge in [0.15, 0.2) is 0 Å². The minimum absolute atomic E-state index is 0.168. The molecule has 0 aromatic rings. The summed E-state index contributed by atoms with van der Waals surface area (Å²) in [7, 11) is -4.29. The number of rotatable bonds is 52. The molecule has 0 aromatic carbocycles. The minimum Gasteiger partial charge on any atom is -0.303 e. The van der Waals surface area contributed by atoms with E-state index in [1.54, 1.807) is 0 Å². The van der Waals surface area contributed by atoms with E-state index in [1.165, 1.54) is 296 Å². The van der Waals surface area contributed by atoms with Crippen LogP contribution in [0.3, 0.4) is 0 Å². The summed E-state index contributed by atoms with van der Waals surface area (Å²) in [6.45, 7) is 8.79. The Hall–Kier alpha value is 0.0700. The molecule has 0 aliphatic carbocycles. The summed E-state index contributed by atoms with van der Waals surface area (Å²) >= 11 is 0. The average Bonchev–Trinajstić information content (AvgIpc) is 3.20. The van der Waals surface area contributed by atoms with Crippen molar-refractivity contribution >= 4 is 7.82 Å². The molecule has 58 heavy (non-hydrogen) atoms. The van der Waals surface area contributed by atoms with Gasteiger partial charge in [0.05, 0.1) is 6.61 Å². The molecule has 0 radical (unpaired) electrons. The average molecular weight is 842 g/mol. The van der Waals surface area contributed by atoms with Crippen molar-refractivity contribution in [3.05, 3.63) is 0 Å². The highest BCUT2D eigenvalue weighted by atomic mass is 31.2. The molecule has 5 nitrogen and oxygen atoms in total. The smallest absolute Gasteiger partial charge is 0.303 e. The van der Waals surface area contributed by atoms with E-state index in [0.29, 0.717) is 0 Å². The molecule has 0 unspecified atom stereocenters. The zero-order valence-electron chi connectivity index (χ0n) is 40.0. The fraction of sp³-hybridized carbons (Fsp3) is 1.00. The molecular weight excluding hydrogens is 734 g/mol. The van der Waals surface area contributed by atoms with Gasteiger partial charge < -0.3 is 14.7 Å². The molecular formula is C52H108NO4P. The third-order valence-corrected chi connectivity index (χ3v) is 13.3. The van der Waals surface area contributed by atoms with Crippen molar-refractivity contribution in [1.29, 1.82) is 0 Å². The van der Waals surface area contributed by atoms with Crippen molar-refractivity contribution in [1.82, 2.24) is 4.90 Å². The molecule has 0 aromatic heterocycles. The van der Waals surface area contributed by atoms with Gasteiger partial charge in [-0.3, -0.25) is 4.52 Å². The molecule has 0 fully saturated rings. The third kappa shape index (κ3) is 52.2. The Morgan fingerprint density at radius 1 is 0.293 bits per heavy atom. The zero-order valence-corrected chi connectivity index (χ0v) is 40.9. The number of phosphoric acid groups is 1. The molecule has 0 saturated carbocycles. The maximum absolute atomic E-state index is 10.7. The summed E-state index contributed by atoms with van der Waals surface area (Å²) in [5.74, 6) is 0. The second-order valence-electron chi connectivity index (χ2n) is 18.7. The van der Waals surface area contributed by atoms with Gasteiger partial charge in [-0.1, -0.05) is 284 Å². The van der Waals surface area contributed by atoms with E-state index >= 15 is 0 Å². The first-order valence-corrected chi connectivity index (χ1v) is 28.4. The van der Waals surface area contributed by atoms with Gasteiger partial charge in [-0.15, -0.1) is 0 Å². The van der Waals surface area contributed by atoms with E-state index in [9.17, 15) is 4.57 Å². The van der Waals surface area contributed by atoms with Crippen LogP contribution in [-0.4, -0.2) is 40.9 Å². The lowest BCUT2D eigenvalue weighted by molar-refractivity contribution is 0.193. The predicted octanol–water partition coefficient (Wildman–Crippen LogP) is 18.4. The highest BCUT2D eigenvalue weighted by molar-refractivity contribution is 7.46. The van der Waals surface area contributed by atoms with Crippen molar-refractivity contribution in [2.45, 2.75) is 309 Å². The molecule has 0 aliphatic heterocycles. The fourth-order valence-corrected chi connectivity index (χ4v) is 9.21. The standard InChI is InChI=1S/C52H108NO4P/c1-3-5-7-9-11-13-15-17-19-21-25-29-33-37-41-45-49-53(50-46-42-38-34-30-26-22-20-18-16-14-12-10-8-6-4-2)51-47-43-39-35-31-27-23-24-28-32-36-40-44-48-52-57-58(54,55)56/h3-52H2,1-2H3,(H2,54,55,56). The van der Waals surface area contributed by atoms with Crippen LogP contribution in [0.4, 0.5) is 0 Å². The zero-order chi connectivity index (χ0) is 42.1. The predicted molar refractivity (Wildman–Crippen MR) is 258 cm³/mol.